The number of anilines is 3. The molecule has 0 atom stereocenters. The third kappa shape index (κ3) is 3.49. The van der Waals surface area contributed by atoms with Crippen LogP contribution in [0.4, 0.5) is 17.5 Å². The summed E-state index contributed by atoms with van der Waals surface area (Å²) >= 11 is 0. The van der Waals surface area contributed by atoms with E-state index >= 15 is 0 Å². The number of nitrogens with one attached hydrogen (secondary N) is 1. The maximum atomic E-state index is 12.5. The fraction of sp³-hybridized carbons (Fsp3) is 0.278. The average molecular weight is 398 g/mol. The summed E-state index contributed by atoms with van der Waals surface area (Å²) in [5.74, 6) is 1.19. The molecular weight excluding hydrogens is 380 g/mol. The maximum Gasteiger partial charge on any atom is 0.333 e. The predicted octanol–water partition coefficient (Wildman–Crippen LogP) is 0.500. The van der Waals surface area contributed by atoms with Crippen molar-refractivity contribution in [2.45, 2.75) is 20.0 Å². The van der Waals surface area contributed by atoms with Crippen LogP contribution < -0.4 is 26.1 Å². The van der Waals surface area contributed by atoms with Gasteiger partial charge in [-0.25, -0.2) is 4.68 Å². The van der Waals surface area contributed by atoms with Crippen LogP contribution in [0.1, 0.15) is 5.76 Å². The Hall–Kier alpha value is -3.89. The van der Waals surface area contributed by atoms with Gasteiger partial charge in [0.15, 0.2) is 5.82 Å². The normalized spacial score (nSPS) is 12.7. The highest BCUT2D eigenvalue weighted by Crippen LogP contribution is 2.27. The molecular formula is C18H18N6O5. The van der Waals surface area contributed by atoms with E-state index in [1.807, 2.05) is 12.1 Å². The first kappa shape index (κ1) is 18.5. The fourth-order valence-corrected chi connectivity index (χ4v) is 3.08. The van der Waals surface area contributed by atoms with Gasteiger partial charge in [0.2, 0.25) is 11.9 Å². The molecule has 3 aromatic rings. The van der Waals surface area contributed by atoms with Crippen LogP contribution >= 0.6 is 0 Å². The van der Waals surface area contributed by atoms with Crippen LogP contribution in [0, 0.1) is 6.92 Å². The summed E-state index contributed by atoms with van der Waals surface area (Å²) in [6, 6.07) is 8.78. The first-order chi connectivity index (χ1) is 14.0. The molecule has 1 N–H and O–H groups in total. The van der Waals surface area contributed by atoms with Crippen molar-refractivity contribution in [3.8, 4) is 5.75 Å². The molecule has 29 heavy (non-hydrogen) atoms. The number of aromatic nitrogens is 4. The van der Waals surface area contributed by atoms with Gasteiger partial charge in [0, 0.05) is 24.8 Å². The first-order valence-corrected chi connectivity index (χ1v) is 8.83. The van der Waals surface area contributed by atoms with Crippen LogP contribution in [0.5, 0.6) is 5.75 Å². The third-order valence-corrected chi connectivity index (χ3v) is 4.48. The molecule has 0 aliphatic carbocycles. The quantitative estimate of drug-likeness (QED) is 0.616. The number of amides is 1. The van der Waals surface area contributed by atoms with E-state index in [1.54, 1.807) is 31.1 Å². The Morgan fingerprint density at radius 2 is 1.97 bits per heavy atom. The van der Waals surface area contributed by atoms with Gasteiger partial charge in [0.1, 0.15) is 18.1 Å². The second-order valence-electron chi connectivity index (χ2n) is 6.44. The lowest BCUT2D eigenvalue weighted by atomic mass is 10.3. The van der Waals surface area contributed by atoms with Crippen molar-refractivity contribution < 1.29 is 14.1 Å². The Balaban J connectivity index is 1.63. The molecule has 0 radical (unpaired) electrons. The van der Waals surface area contributed by atoms with Crippen molar-refractivity contribution in [1.82, 2.24) is 19.5 Å². The van der Waals surface area contributed by atoms with Crippen LogP contribution in [-0.4, -0.2) is 39.1 Å². The molecule has 0 spiro atoms. The zero-order valence-corrected chi connectivity index (χ0v) is 15.8. The van der Waals surface area contributed by atoms with Crippen molar-refractivity contribution in [3.63, 3.8) is 0 Å². The Labute approximate surface area is 164 Å². The zero-order valence-electron chi connectivity index (χ0n) is 15.8. The minimum absolute atomic E-state index is 0.221. The fourth-order valence-electron chi connectivity index (χ4n) is 3.08. The summed E-state index contributed by atoms with van der Waals surface area (Å²) in [6.07, 6.45) is 0. The minimum Gasteiger partial charge on any atom is -0.497 e. The monoisotopic (exact) mass is 398 g/mol. The van der Waals surface area contributed by atoms with Gasteiger partial charge in [-0.15, -0.1) is 5.10 Å². The van der Waals surface area contributed by atoms with Gasteiger partial charge in [0.05, 0.1) is 7.11 Å². The smallest absolute Gasteiger partial charge is 0.333 e. The first-order valence-electron chi connectivity index (χ1n) is 8.83. The standard InChI is InChI=1S/C18H18N6O5/c1-11-9-14(21-29-11)19-15(25)10-24-17(27)16(26)23-8-7-22(18(23)20-24)12-3-5-13(28-2)6-4-12/h3-6,9H,7-8,10H2,1-2H3,(H,19,21,25). The highest BCUT2D eigenvalue weighted by Gasteiger charge is 2.26. The number of rotatable bonds is 5. The summed E-state index contributed by atoms with van der Waals surface area (Å²) in [4.78, 5) is 38.9. The molecule has 150 valence electrons. The predicted molar refractivity (Wildman–Crippen MR) is 103 cm³/mol. The average Bonchev–Trinajstić information content (AvgIpc) is 3.32. The van der Waals surface area contributed by atoms with Crippen molar-refractivity contribution in [3.05, 3.63) is 56.8 Å². The Kier molecular flexibility index (Phi) is 4.63. The molecule has 0 bridgehead atoms. The summed E-state index contributed by atoms with van der Waals surface area (Å²) in [5.41, 5.74) is -0.801. The van der Waals surface area contributed by atoms with Gasteiger partial charge in [-0.2, -0.15) is 0 Å². The van der Waals surface area contributed by atoms with Crippen LogP contribution in [-0.2, 0) is 17.9 Å². The summed E-state index contributed by atoms with van der Waals surface area (Å²) < 4.78 is 12.2. The van der Waals surface area contributed by atoms with E-state index in [2.05, 4.69) is 15.6 Å². The van der Waals surface area contributed by atoms with Crippen LogP contribution in [0.3, 0.4) is 0 Å². The molecule has 0 saturated carbocycles. The van der Waals surface area contributed by atoms with E-state index in [0.717, 1.165) is 10.4 Å². The minimum atomic E-state index is -0.864. The Morgan fingerprint density at radius 1 is 1.21 bits per heavy atom. The zero-order chi connectivity index (χ0) is 20.5. The van der Waals surface area contributed by atoms with Crippen LogP contribution in [0.25, 0.3) is 0 Å². The number of ether oxygens (including phenoxy) is 1. The number of nitrogens with zero attached hydrogens (tertiary/aromatic N) is 5. The number of hydrogen-bond acceptors (Lipinski definition) is 8. The van der Waals surface area contributed by atoms with Gasteiger partial charge in [-0.05, 0) is 31.2 Å². The number of carbonyl (C=O) groups excluding carboxylic acids is 1. The highest BCUT2D eigenvalue weighted by molar-refractivity contribution is 5.89. The van der Waals surface area contributed by atoms with Crippen molar-refractivity contribution >= 4 is 23.4 Å². The molecule has 3 heterocycles. The molecule has 1 amide bonds. The van der Waals surface area contributed by atoms with E-state index in [4.69, 9.17) is 9.26 Å². The SMILES string of the molecule is COc1ccc(N2CCn3c2nn(CC(=O)Nc2cc(C)on2)c(=O)c3=O)cc1. The van der Waals surface area contributed by atoms with Gasteiger partial charge in [-0.3, -0.25) is 19.0 Å². The molecule has 1 aromatic carbocycles. The largest absolute Gasteiger partial charge is 0.497 e. The number of carbonyl (C=O) groups is 1. The molecule has 11 heteroatoms. The molecule has 1 aliphatic rings. The topological polar surface area (TPSA) is 124 Å². The van der Waals surface area contributed by atoms with Crippen LogP contribution in [0.15, 0.2) is 44.4 Å². The number of hydrogen-bond donors (Lipinski definition) is 1. The Morgan fingerprint density at radius 3 is 2.62 bits per heavy atom. The number of benzene rings is 1. The molecule has 1 aliphatic heterocycles. The van der Waals surface area contributed by atoms with Crippen molar-refractivity contribution in [2.24, 2.45) is 0 Å². The summed E-state index contributed by atoms with van der Waals surface area (Å²) in [5, 5.41) is 10.4. The number of aryl methyl sites for hydroxylation is 1. The summed E-state index contributed by atoms with van der Waals surface area (Å²) in [6.45, 7) is 2.06. The van der Waals surface area contributed by atoms with Crippen molar-refractivity contribution in [1.29, 1.82) is 0 Å². The van der Waals surface area contributed by atoms with E-state index < -0.39 is 23.6 Å². The van der Waals surface area contributed by atoms with Gasteiger partial charge >= 0.3 is 11.1 Å². The van der Waals surface area contributed by atoms with Gasteiger partial charge in [-0.1, -0.05) is 5.16 Å². The number of methoxy groups -OCH3 is 1. The molecule has 0 fully saturated rings. The third-order valence-electron chi connectivity index (χ3n) is 4.48. The van der Waals surface area contributed by atoms with E-state index in [1.165, 1.54) is 10.6 Å². The van der Waals surface area contributed by atoms with Gasteiger partial charge in [0.25, 0.3) is 0 Å². The lowest BCUT2D eigenvalue weighted by molar-refractivity contribution is -0.117. The lowest BCUT2D eigenvalue weighted by Gasteiger charge is -2.18. The van der Waals surface area contributed by atoms with Crippen LogP contribution in [0.2, 0.25) is 0 Å². The van der Waals surface area contributed by atoms with Gasteiger partial charge < -0.3 is 19.5 Å². The van der Waals surface area contributed by atoms with E-state index in [9.17, 15) is 14.4 Å². The molecule has 2 aromatic heterocycles. The molecule has 4 rings (SSSR count). The number of fused-ring (bicyclic) bond motifs is 1. The van der Waals surface area contributed by atoms with E-state index in [0.29, 0.717) is 30.5 Å². The second kappa shape index (κ2) is 7.26. The van der Waals surface area contributed by atoms with E-state index in [-0.39, 0.29) is 5.82 Å². The highest BCUT2D eigenvalue weighted by atomic mass is 16.5. The summed E-state index contributed by atoms with van der Waals surface area (Å²) in [7, 11) is 1.57. The molecule has 11 nitrogen and oxygen atoms in total. The second-order valence-corrected chi connectivity index (χ2v) is 6.44. The molecule has 0 saturated heterocycles. The maximum absolute atomic E-state index is 12.5. The Bertz CT molecular complexity index is 1180. The molecule has 0 unspecified atom stereocenters. The lowest BCUT2D eigenvalue weighted by Crippen LogP contribution is -2.44. The van der Waals surface area contributed by atoms with Crippen molar-refractivity contribution in [2.75, 3.05) is 23.9 Å².